The second kappa shape index (κ2) is 5.99. The number of carbonyl (C=O) groups is 1. The lowest BCUT2D eigenvalue weighted by molar-refractivity contribution is 0.0945. The number of nitrogens with two attached hydrogens (primary N) is 1. The molecule has 0 fully saturated rings. The van der Waals surface area contributed by atoms with E-state index in [-0.39, 0.29) is 18.1 Å². The van der Waals surface area contributed by atoms with Gasteiger partial charge in [0.05, 0.1) is 11.8 Å². The molecule has 0 aliphatic rings. The van der Waals surface area contributed by atoms with E-state index in [0.29, 0.717) is 10.6 Å². The van der Waals surface area contributed by atoms with Crippen LogP contribution >= 0.6 is 11.6 Å². The predicted molar refractivity (Wildman–Crippen MR) is 80.3 cm³/mol. The van der Waals surface area contributed by atoms with E-state index in [1.54, 1.807) is 19.9 Å². The lowest BCUT2D eigenvalue weighted by atomic mass is 10.1. The molecule has 1 amide bonds. The summed E-state index contributed by atoms with van der Waals surface area (Å²) in [6, 6.07) is 4.56. The fourth-order valence-electron chi connectivity index (χ4n) is 1.67. The average Bonchev–Trinajstić information content (AvgIpc) is 2.22. The average molecular weight is 320 g/mol. The lowest BCUT2D eigenvalue weighted by Crippen LogP contribution is -2.51. The molecule has 0 aliphatic heterocycles. The van der Waals surface area contributed by atoms with E-state index >= 15 is 0 Å². The number of halogens is 1. The summed E-state index contributed by atoms with van der Waals surface area (Å²) < 4.78 is 24.8. The molecule has 20 heavy (non-hydrogen) atoms. The number of rotatable bonds is 5. The van der Waals surface area contributed by atoms with Crippen LogP contribution in [0.4, 0.5) is 5.69 Å². The van der Waals surface area contributed by atoms with Crippen LogP contribution in [0.5, 0.6) is 0 Å². The molecule has 1 aromatic rings. The van der Waals surface area contributed by atoms with E-state index in [9.17, 15) is 13.2 Å². The molecule has 4 N–H and O–H groups in total. The SMILES string of the molecule is CC(C)(CNC(=O)c1ccc(Cl)cc1N)NS(C)(=O)=O. The minimum Gasteiger partial charge on any atom is -0.398 e. The third-order valence-electron chi connectivity index (χ3n) is 2.41. The Morgan fingerprint density at radius 1 is 1.40 bits per heavy atom. The van der Waals surface area contributed by atoms with Gasteiger partial charge in [-0.25, -0.2) is 13.1 Å². The van der Waals surface area contributed by atoms with Gasteiger partial charge in [-0.05, 0) is 32.0 Å². The zero-order valence-electron chi connectivity index (χ0n) is 11.5. The number of hydrogen-bond donors (Lipinski definition) is 3. The van der Waals surface area contributed by atoms with E-state index in [1.165, 1.54) is 12.1 Å². The molecule has 0 atom stereocenters. The number of nitrogen functional groups attached to an aromatic ring is 1. The zero-order valence-corrected chi connectivity index (χ0v) is 13.1. The first-order valence-corrected chi connectivity index (χ1v) is 8.09. The highest BCUT2D eigenvalue weighted by atomic mass is 35.5. The van der Waals surface area contributed by atoms with Crippen molar-refractivity contribution in [3.05, 3.63) is 28.8 Å². The third kappa shape index (κ3) is 5.36. The molecule has 0 unspecified atom stereocenters. The van der Waals surface area contributed by atoms with Gasteiger partial charge >= 0.3 is 0 Å². The predicted octanol–water partition coefficient (Wildman–Crippen LogP) is 0.980. The van der Waals surface area contributed by atoms with Crippen molar-refractivity contribution in [3.63, 3.8) is 0 Å². The first-order chi connectivity index (χ1) is 9.00. The molecule has 0 aromatic heterocycles. The summed E-state index contributed by atoms with van der Waals surface area (Å²) >= 11 is 5.76. The number of hydrogen-bond acceptors (Lipinski definition) is 4. The van der Waals surface area contributed by atoms with Gasteiger partial charge in [-0.1, -0.05) is 11.6 Å². The number of anilines is 1. The van der Waals surface area contributed by atoms with Crippen molar-refractivity contribution in [2.75, 3.05) is 18.5 Å². The summed E-state index contributed by atoms with van der Waals surface area (Å²) in [5.74, 6) is -0.387. The summed E-state index contributed by atoms with van der Waals surface area (Å²) in [5.41, 5.74) is 5.47. The summed E-state index contributed by atoms with van der Waals surface area (Å²) in [7, 11) is -3.35. The first-order valence-electron chi connectivity index (χ1n) is 5.82. The third-order valence-corrected chi connectivity index (χ3v) is 3.57. The fourth-order valence-corrected chi connectivity index (χ4v) is 2.93. The van der Waals surface area contributed by atoms with Crippen molar-refractivity contribution in [1.82, 2.24) is 10.0 Å². The topological polar surface area (TPSA) is 101 Å². The Labute approximate surface area is 123 Å². The molecule has 0 spiro atoms. The number of carbonyl (C=O) groups excluding carboxylic acids is 1. The number of amides is 1. The van der Waals surface area contributed by atoms with Crippen molar-refractivity contribution >= 4 is 33.2 Å². The maximum absolute atomic E-state index is 12.0. The van der Waals surface area contributed by atoms with Gasteiger partial charge in [0.2, 0.25) is 10.0 Å². The molecule has 8 heteroatoms. The Morgan fingerprint density at radius 2 is 2.00 bits per heavy atom. The molecule has 112 valence electrons. The molecule has 0 aliphatic carbocycles. The second-order valence-corrected chi connectivity index (χ2v) is 7.36. The minimum absolute atomic E-state index is 0.126. The van der Waals surface area contributed by atoms with E-state index in [2.05, 4.69) is 10.0 Å². The highest BCUT2D eigenvalue weighted by Gasteiger charge is 2.23. The number of benzene rings is 1. The van der Waals surface area contributed by atoms with Crippen molar-refractivity contribution in [2.45, 2.75) is 19.4 Å². The second-order valence-electron chi connectivity index (χ2n) is 5.17. The van der Waals surface area contributed by atoms with Crippen molar-refractivity contribution < 1.29 is 13.2 Å². The van der Waals surface area contributed by atoms with Gasteiger partial charge < -0.3 is 11.1 Å². The molecule has 0 radical (unpaired) electrons. The van der Waals surface area contributed by atoms with Crippen LogP contribution in [0.1, 0.15) is 24.2 Å². The zero-order chi connectivity index (χ0) is 15.6. The van der Waals surface area contributed by atoms with Gasteiger partial charge in [-0.3, -0.25) is 4.79 Å². The smallest absolute Gasteiger partial charge is 0.253 e. The fraction of sp³-hybridized carbons (Fsp3) is 0.417. The van der Waals surface area contributed by atoms with E-state index in [1.807, 2.05) is 0 Å². The quantitative estimate of drug-likeness (QED) is 0.704. The molecule has 1 rings (SSSR count). The number of nitrogens with one attached hydrogen (secondary N) is 2. The van der Waals surface area contributed by atoms with Crippen LogP contribution in [0.15, 0.2) is 18.2 Å². The largest absolute Gasteiger partial charge is 0.398 e. The highest BCUT2D eigenvalue weighted by Crippen LogP contribution is 2.18. The Bertz CT molecular complexity index is 614. The van der Waals surface area contributed by atoms with E-state index in [4.69, 9.17) is 17.3 Å². The Hall–Kier alpha value is -1.31. The molecule has 1 aromatic carbocycles. The van der Waals surface area contributed by atoms with Gasteiger partial charge in [0.25, 0.3) is 5.91 Å². The van der Waals surface area contributed by atoms with Gasteiger partial charge in [0.15, 0.2) is 0 Å². The van der Waals surface area contributed by atoms with Crippen LogP contribution in [0.2, 0.25) is 5.02 Å². The molecule has 6 nitrogen and oxygen atoms in total. The van der Waals surface area contributed by atoms with Gasteiger partial charge in [-0.2, -0.15) is 0 Å². The summed E-state index contributed by atoms with van der Waals surface area (Å²) in [4.78, 5) is 12.0. The van der Waals surface area contributed by atoms with Crippen molar-refractivity contribution in [1.29, 1.82) is 0 Å². The first kappa shape index (κ1) is 16.7. The minimum atomic E-state index is -3.35. The molecular weight excluding hydrogens is 302 g/mol. The van der Waals surface area contributed by atoms with E-state index in [0.717, 1.165) is 6.26 Å². The van der Waals surface area contributed by atoms with E-state index < -0.39 is 15.6 Å². The van der Waals surface area contributed by atoms with Crippen LogP contribution in [0.3, 0.4) is 0 Å². The molecule has 0 saturated carbocycles. The van der Waals surface area contributed by atoms with Gasteiger partial charge in [-0.15, -0.1) is 0 Å². The molecule has 0 heterocycles. The molecular formula is C12H18ClN3O3S. The van der Waals surface area contributed by atoms with Gasteiger partial charge in [0.1, 0.15) is 0 Å². The summed E-state index contributed by atoms with van der Waals surface area (Å²) in [5, 5.41) is 3.08. The number of sulfonamides is 1. The maximum Gasteiger partial charge on any atom is 0.253 e. The van der Waals surface area contributed by atoms with Crippen molar-refractivity contribution in [3.8, 4) is 0 Å². The van der Waals surface area contributed by atoms with Gasteiger partial charge in [0, 0.05) is 22.8 Å². The molecule has 0 bridgehead atoms. The Balaban J connectivity index is 2.72. The van der Waals surface area contributed by atoms with Crippen LogP contribution in [-0.2, 0) is 10.0 Å². The lowest BCUT2D eigenvalue weighted by Gasteiger charge is -2.25. The van der Waals surface area contributed by atoms with Crippen LogP contribution < -0.4 is 15.8 Å². The van der Waals surface area contributed by atoms with Crippen LogP contribution in [-0.4, -0.2) is 32.7 Å². The van der Waals surface area contributed by atoms with Crippen LogP contribution in [0.25, 0.3) is 0 Å². The monoisotopic (exact) mass is 319 g/mol. The summed E-state index contributed by atoms with van der Waals surface area (Å²) in [6.07, 6.45) is 1.06. The highest BCUT2D eigenvalue weighted by molar-refractivity contribution is 7.88. The summed E-state index contributed by atoms with van der Waals surface area (Å²) in [6.45, 7) is 3.46. The molecule has 0 saturated heterocycles. The van der Waals surface area contributed by atoms with Crippen LogP contribution in [0, 0.1) is 0 Å². The Kier molecular flexibility index (Phi) is 5.01. The normalized spacial score (nSPS) is 12.2. The maximum atomic E-state index is 12.0. The van der Waals surface area contributed by atoms with Crippen molar-refractivity contribution in [2.24, 2.45) is 0 Å². The standard InChI is InChI=1S/C12H18ClN3O3S/c1-12(2,16-20(3,18)19)7-15-11(17)9-5-4-8(13)6-10(9)14/h4-6,16H,7,14H2,1-3H3,(H,15,17). The Morgan fingerprint density at radius 3 is 2.50 bits per heavy atom.